The van der Waals surface area contributed by atoms with Gasteiger partial charge in [0.25, 0.3) is 0 Å². The van der Waals surface area contributed by atoms with Crippen LogP contribution in [-0.2, 0) is 9.53 Å². The molecule has 0 aliphatic heterocycles. The Morgan fingerprint density at radius 2 is 2.40 bits per heavy atom. The number of halogens is 1. The highest BCUT2D eigenvalue weighted by Crippen LogP contribution is 2.14. The minimum atomic E-state index is -0.456. The summed E-state index contributed by atoms with van der Waals surface area (Å²) in [6.45, 7) is 3.64. The van der Waals surface area contributed by atoms with Gasteiger partial charge < -0.3 is 4.74 Å². The quantitative estimate of drug-likeness (QED) is 0.587. The van der Waals surface area contributed by atoms with Gasteiger partial charge in [-0.2, -0.15) is 0 Å². The first-order valence-electron chi connectivity index (χ1n) is 4.81. The lowest BCUT2D eigenvalue weighted by Crippen LogP contribution is -2.10. The highest BCUT2D eigenvalue weighted by Gasteiger charge is 2.13. The summed E-state index contributed by atoms with van der Waals surface area (Å²) in [5, 5.41) is 0.346. The van der Waals surface area contributed by atoms with Crippen LogP contribution in [0.15, 0.2) is 12.3 Å². The topological polar surface area (TPSA) is 52.1 Å². The molecule has 1 rings (SSSR count). The van der Waals surface area contributed by atoms with Crippen molar-refractivity contribution in [3.05, 3.63) is 23.2 Å². The first-order valence-corrected chi connectivity index (χ1v) is 5.19. The van der Waals surface area contributed by atoms with E-state index in [-0.39, 0.29) is 5.97 Å². The van der Waals surface area contributed by atoms with Gasteiger partial charge in [-0.05, 0) is 19.4 Å². The Labute approximate surface area is 93.6 Å². The molecule has 1 aromatic heterocycles. The zero-order chi connectivity index (χ0) is 11.3. The summed E-state index contributed by atoms with van der Waals surface area (Å²) in [4.78, 5) is 19.1. The van der Waals surface area contributed by atoms with Crippen molar-refractivity contribution >= 4 is 17.6 Å². The molecule has 0 saturated heterocycles. The molecule has 4 nitrogen and oxygen atoms in total. The number of hydrogen-bond acceptors (Lipinski definition) is 4. The van der Waals surface area contributed by atoms with Gasteiger partial charge in [0.15, 0.2) is 11.9 Å². The van der Waals surface area contributed by atoms with Crippen LogP contribution < -0.4 is 0 Å². The Morgan fingerprint density at radius 3 is 3.00 bits per heavy atom. The van der Waals surface area contributed by atoms with Crippen LogP contribution in [-0.4, -0.2) is 15.9 Å². The molecule has 0 aliphatic carbocycles. The van der Waals surface area contributed by atoms with Crippen molar-refractivity contribution in [2.24, 2.45) is 0 Å². The maximum atomic E-state index is 11.2. The summed E-state index contributed by atoms with van der Waals surface area (Å²) in [7, 11) is 0. The lowest BCUT2D eigenvalue weighted by atomic mass is 10.3. The van der Waals surface area contributed by atoms with Crippen LogP contribution in [0.25, 0.3) is 0 Å². The number of esters is 1. The molecule has 15 heavy (non-hydrogen) atoms. The highest BCUT2D eigenvalue weighted by atomic mass is 35.5. The fraction of sp³-hybridized carbons (Fsp3) is 0.500. The molecule has 0 N–H and O–H groups in total. The largest absolute Gasteiger partial charge is 0.454 e. The second-order valence-electron chi connectivity index (χ2n) is 3.12. The van der Waals surface area contributed by atoms with E-state index < -0.39 is 6.10 Å². The minimum Gasteiger partial charge on any atom is -0.454 e. The molecule has 0 aliphatic rings. The summed E-state index contributed by atoms with van der Waals surface area (Å²) in [5.74, 6) is 0.181. The third kappa shape index (κ3) is 3.83. The summed E-state index contributed by atoms with van der Waals surface area (Å²) >= 11 is 5.70. The maximum absolute atomic E-state index is 11.2. The van der Waals surface area contributed by atoms with E-state index in [0.717, 1.165) is 6.42 Å². The Balaban J connectivity index is 2.60. The van der Waals surface area contributed by atoms with Gasteiger partial charge >= 0.3 is 5.97 Å². The number of rotatable bonds is 4. The summed E-state index contributed by atoms with van der Waals surface area (Å²) < 4.78 is 5.11. The molecule has 0 saturated carbocycles. The average Bonchev–Trinajstić information content (AvgIpc) is 2.18. The number of hydrogen-bond donors (Lipinski definition) is 0. The number of carbonyl (C=O) groups excluding carboxylic acids is 1. The van der Waals surface area contributed by atoms with Crippen molar-refractivity contribution < 1.29 is 9.53 Å². The van der Waals surface area contributed by atoms with E-state index >= 15 is 0 Å². The molecule has 1 atom stereocenters. The minimum absolute atomic E-state index is 0.242. The molecule has 1 heterocycles. The van der Waals surface area contributed by atoms with Crippen molar-refractivity contribution in [3.8, 4) is 0 Å². The predicted octanol–water partition coefficient (Wildman–Crippen LogP) is 2.53. The lowest BCUT2D eigenvalue weighted by Gasteiger charge is -2.11. The lowest BCUT2D eigenvalue weighted by molar-refractivity contribution is -0.149. The van der Waals surface area contributed by atoms with Crippen molar-refractivity contribution in [1.82, 2.24) is 9.97 Å². The van der Waals surface area contributed by atoms with Gasteiger partial charge in [0.1, 0.15) is 5.15 Å². The molecular formula is C10H13ClN2O2. The van der Waals surface area contributed by atoms with E-state index in [1.807, 2.05) is 6.92 Å². The van der Waals surface area contributed by atoms with E-state index in [1.54, 1.807) is 13.0 Å². The third-order valence-electron chi connectivity index (χ3n) is 1.77. The Bertz CT molecular complexity index is 344. The number of aromatic nitrogens is 2. The summed E-state index contributed by atoms with van der Waals surface area (Å²) in [5.41, 5.74) is 0. The third-order valence-corrected chi connectivity index (χ3v) is 1.98. The fourth-order valence-corrected chi connectivity index (χ4v) is 1.20. The van der Waals surface area contributed by atoms with E-state index in [9.17, 15) is 4.79 Å². The number of ether oxygens (including phenoxy) is 1. The van der Waals surface area contributed by atoms with Gasteiger partial charge in [0.2, 0.25) is 0 Å². The molecule has 82 valence electrons. The van der Waals surface area contributed by atoms with E-state index in [4.69, 9.17) is 16.3 Å². The van der Waals surface area contributed by atoms with Gasteiger partial charge in [-0.25, -0.2) is 9.97 Å². The van der Waals surface area contributed by atoms with Crippen LogP contribution in [0.3, 0.4) is 0 Å². The van der Waals surface area contributed by atoms with E-state index in [0.29, 0.717) is 17.4 Å². The molecule has 0 amide bonds. The van der Waals surface area contributed by atoms with Crippen LogP contribution in [0.1, 0.15) is 38.6 Å². The molecule has 5 heteroatoms. The Morgan fingerprint density at radius 1 is 1.67 bits per heavy atom. The molecule has 0 bridgehead atoms. The smallest absolute Gasteiger partial charge is 0.306 e. The number of carbonyl (C=O) groups is 1. The van der Waals surface area contributed by atoms with Gasteiger partial charge in [0.05, 0.1) is 0 Å². The molecular weight excluding hydrogens is 216 g/mol. The van der Waals surface area contributed by atoms with E-state index in [2.05, 4.69) is 9.97 Å². The Hall–Kier alpha value is -1.16. The molecule has 0 aromatic carbocycles. The maximum Gasteiger partial charge on any atom is 0.306 e. The molecule has 0 radical (unpaired) electrons. The van der Waals surface area contributed by atoms with Crippen molar-refractivity contribution in [2.45, 2.75) is 32.8 Å². The standard InChI is InChI=1S/C10H13ClN2O2/c1-3-4-9(14)15-7(2)10-12-6-5-8(11)13-10/h5-7H,3-4H2,1-2H3/t7-/m1/s1. The van der Waals surface area contributed by atoms with Gasteiger partial charge in [-0.15, -0.1) is 0 Å². The van der Waals surface area contributed by atoms with Crippen molar-refractivity contribution in [3.63, 3.8) is 0 Å². The van der Waals surface area contributed by atoms with Crippen LogP contribution in [0, 0.1) is 0 Å². The SMILES string of the molecule is CCCC(=O)O[C@H](C)c1nccc(Cl)n1. The zero-order valence-corrected chi connectivity index (χ0v) is 9.49. The molecule has 0 spiro atoms. The molecule has 1 aromatic rings. The van der Waals surface area contributed by atoms with Crippen LogP contribution in [0.4, 0.5) is 0 Å². The summed E-state index contributed by atoms with van der Waals surface area (Å²) in [6.07, 6.45) is 2.25. The molecule has 0 fully saturated rings. The van der Waals surface area contributed by atoms with Crippen LogP contribution >= 0.6 is 11.6 Å². The monoisotopic (exact) mass is 228 g/mol. The zero-order valence-electron chi connectivity index (χ0n) is 8.74. The van der Waals surface area contributed by atoms with E-state index in [1.165, 1.54) is 6.20 Å². The predicted molar refractivity (Wildman–Crippen MR) is 56.5 cm³/mol. The average molecular weight is 229 g/mol. The fourth-order valence-electron chi connectivity index (χ4n) is 1.06. The van der Waals surface area contributed by atoms with Gasteiger partial charge in [-0.1, -0.05) is 18.5 Å². The molecule has 0 unspecified atom stereocenters. The van der Waals surface area contributed by atoms with Crippen molar-refractivity contribution in [1.29, 1.82) is 0 Å². The summed E-state index contributed by atoms with van der Waals surface area (Å²) in [6, 6.07) is 1.58. The van der Waals surface area contributed by atoms with Crippen molar-refractivity contribution in [2.75, 3.05) is 0 Å². The van der Waals surface area contributed by atoms with Crippen LogP contribution in [0.2, 0.25) is 5.15 Å². The van der Waals surface area contributed by atoms with Gasteiger partial charge in [-0.3, -0.25) is 4.79 Å². The highest BCUT2D eigenvalue weighted by molar-refractivity contribution is 6.29. The Kier molecular flexibility index (Phi) is 4.49. The van der Waals surface area contributed by atoms with Gasteiger partial charge in [0, 0.05) is 12.6 Å². The second-order valence-corrected chi connectivity index (χ2v) is 3.51. The van der Waals surface area contributed by atoms with Crippen LogP contribution in [0.5, 0.6) is 0 Å². The normalized spacial score (nSPS) is 12.2. The second kappa shape index (κ2) is 5.66. The first-order chi connectivity index (χ1) is 7.13. The number of nitrogens with zero attached hydrogens (tertiary/aromatic N) is 2. The first kappa shape index (κ1) is 11.9.